The van der Waals surface area contributed by atoms with Crippen LogP contribution < -0.4 is 10.6 Å². The second-order valence-electron chi connectivity index (χ2n) is 5.06. The molecular formula is C17H17ClF4N2O. The molecule has 0 aromatic heterocycles. The highest BCUT2D eigenvalue weighted by molar-refractivity contribution is 6.05. The molecule has 136 valence electrons. The molecule has 8 heteroatoms. The number of carbonyl (C=O) groups excluding carboxylic acids is 1. The molecular weight excluding hydrogens is 360 g/mol. The number of hydrogen-bond acceptors (Lipinski definition) is 2. The maximum Gasteiger partial charge on any atom is 0.419 e. The normalized spacial score (nSPS) is 10.9. The lowest BCUT2D eigenvalue weighted by atomic mass is 10.1. The van der Waals surface area contributed by atoms with Gasteiger partial charge in [0.25, 0.3) is 5.91 Å². The fourth-order valence-electron chi connectivity index (χ4n) is 2.17. The monoisotopic (exact) mass is 376 g/mol. The fourth-order valence-corrected chi connectivity index (χ4v) is 2.17. The average molecular weight is 377 g/mol. The van der Waals surface area contributed by atoms with Crippen LogP contribution in [0.3, 0.4) is 0 Å². The summed E-state index contributed by atoms with van der Waals surface area (Å²) in [7, 11) is 0. The zero-order valence-corrected chi connectivity index (χ0v) is 14.1. The van der Waals surface area contributed by atoms with Crippen molar-refractivity contribution in [3.8, 4) is 0 Å². The van der Waals surface area contributed by atoms with Crippen LogP contribution in [-0.4, -0.2) is 12.5 Å². The number of para-hydroxylation sites is 1. The topological polar surface area (TPSA) is 41.1 Å². The maximum absolute atomic E-state index is 14.0. The third-order valence-electron chi connectivity index (χ3n) is 3.38. The van der Waals surface area contributed by atoms with Crippen LogP contribution in [0.15, 0.2) is 42.5 Å². The first-order valence-electron chi connectivity index (χ1n) is 7.30. The van der Waals surface area contributed by atoms with Crippen molar-refractivity contribution in [2.24, 2.45) is 0 Å². The van der Waals surface area contributed by atoms with Gasteiger partial charge in [-0.3, -0.25) is 4.79 Å². The first-order chi connectivity index (χ1) is 11.3. The Morgan fingerprint density at radius 1 is 1.08 bits per heavy atom. The van der Waals surface area contributed by atoms with Crippen molar-refractivity contribution in [1.29, 1.82) is 0 Å². The van der Waals surface area contributed by atoms with Gasteiger partial charge < -0.3 is 10.6 Å². The van der Waals surface area contributed by atoms with Crippen LogP contribution in [-0.2, 0) is 12.7 Å². The van der Waals surface area contributed by atoms with E-state index in [9.17, 15) is 22.4 Å². The van der Waals surface area contributed by atoms with Gasteiger partial charge in [0.1, 0.15) is 5.82 Å². The van der Waals surface area contributed by atoms with E-state index in [0.717, 1.165) is 17.7 Å². The van der Waals surface area contributed by atoms with Crippen LogP contribution in [0.1, 0.15) is 28.4 Å². The van der Waals surface area contributed by atoms with E-state index in [1.54, 1.807) is 24.3 Å². The number of nitrogens with one attached hydrogen (secondary N) is 2. The number of alkyl halides is 3. The highest BCUT2D eigenvalue weighted by Gasteiger charge is 2.35. The highest BCUT2D eigenvalue weighted by atomic mass is 35.5. The van der Waals surface area contributed by atoms with Crippen LogP contribution in [0.4, 0.5) is 23.2 Å². The van der Waals surface area contributed by atoms with Crippen molar-refractivity contribution in [1.82, 2.24) is 5.32 Å². The van der Waals surface area contributed by atoms with Crippen molar-refractivity contribution < 1.29 is 22.4 Å². The summed E-state index contributed by atoms with van der Waals surface area (Å²) in [5.41, 5.74) is -0.945. The van der Waals surface area contributed by atoms with E-state index in [1.165, 1.54) is 0 Å². The van der Waals surface area contributed by atoms with E-state index in [-0.39, 0.29) is 12.4 Å². The van der Waals surface area contributed by atoms with Crippen LogP contribution in [0.2, 0.25) is 0 Å². The number of anilines is 1. The second-order valence-corrected chi connectivity index (χ2v) is 5.06. The molecule has 2 aromatic rings. The molecule has 2 rings (SSSR count). The summed E-state index contributed by atoms with van der Waals surface area (Å²) in [6.07, 6.45) is -4.86. The van der Waals surface area contributed by atoms with Gasteiger partial charge in [-0.1, -0.05) is 31.2 Å². The van der Waals surface area contributed by atoms with E-state index >= 15 is 0 Å². The molecule has 0 aliphatic rings. The van der Waals surface area contributed by atoms with Gasteiger partial charge in [-0.15, -0.1) is 12.4 Å². The van der Waals surface area contributed by atoms with Crippen molar-refractivity contribution in [2.75, 3.05) is 11.9 Å². The number of amides is 1. The second kappa shape index (κ2) is 8.82. The van der Waals surface area contributed by atoms with Gasteiger partial charge in [-0.05, 0) is 30.3 Å². The van der Waals surface area contributed by atoms with E-state index in [4.69, 9.17) is 0 Å². The first kappa shape index (κ1) is 20.9. The van der Waals surface area contributed by atoms with Gasteiger partial charge in [0, 0.05) is 12.2 Å². The Kier molecular flexibility index (Phi) is 7.38. The number of rotatable bonds is 5. The van der Waals surface area contributed by atoms with Crippen molar-refractivity contribution in [2.45, 2.75) is 19.6 Å². The van der Waals surface area contributed by atoms with E-state index in [2.05, 4.69) is 10.6 Å². The molecule has 2 N–H and O–H groups in total. The van der Waals surface area contributed by atoms with Gasteiger partial charge in [0.05, 0.1) is 11.1 Å². The Morgan fingerprint density at radius 3 is 2.40 bits per heavy atom. The lowest BCUT2D eigenvalue weighted by Crippen LogP contribution is -2.19. The number of hydrogen-bond donors (Lipinski definition) is 2. The number of halogens is 5. The molecule has 25 heavy (non-hydrogen) atoms. The molecule has 0 aliphatic heterocycles. The van der Waals surface area contributed by atoms with Crippen LogP contribution in [0, 0.1) is 5.82 Å². The zero-order valence-electron chi connectivity index (χ0n) is 13.3. The summed E-state index contributed by atoms with van der Waals surface area (Å²) in [4.78, 5) is 12.2. The SMILES string of the molecule is CCNCc1ccccc1NC(=O)c1cccc(C(F)(F)F)c1F.Cl. The van der Waals surface area contributed by atoms with Gasteiger partial charge in [-0.2, -0.15) is 13.2 Å². The number of carbonyl (C=O) groups is 1. The minimum absolute atomic E-state index is 0. The Labute approximate surface area is 148 Å². The minimum Gasteiger partial charge on any atom is -0.322 e. The molecule has 0 saturated carbocycles. The largest absolute Gasteiger partial charge is 0.419 e. The highest BCUT2D eigenvalue weighted by Crippen LogP contribution is 2.32. The average Bonchev–Trinajstić information content (AvgIpc) is 2.53. The number of benzene rings is 2. The molecule has 0 radical (unpaired) electrons. The smallest absolute Gasteiger partial charge is 0.322 e. The quantitative estimate of drug-likeness (QED) is 0.747. The van der Waals surface area contributed by atoms with Crippen molar-refractivity contribution in [3.05, 3.63) is 65.0 Å². The van der Waals surface area contributed by atoms with Gasteiger partial charge in [0.15, 0.2) is 0 Å². The Morgan fingerprint density at radius 2 is 1.76 bits per heavy atom. The van der Waals surface area contributed by atoms with Crippen LogP contribution in [0.5, 0.6) is 0 Å². The third-order valence-corrected chi connectivity index (χ3v) is 3.38. The molecule has 0 bridgehead atoms. The summed E-state index contributed by atoms with van der Waals surface area (Å²) in [6, 6.07) is 9.45. The van der Waals surface area contributed by atoms with E-state index < -0.39 is 29.0 Å². The maximum atomic E-state index is 14.0. The molecule has 3 nitrogen and oxygen atoms in total. The minimum atomic E-state index is -4.86. The van der Waals surface area contributed by atoms with Crippen molar-refractivity contribution >= 4 is 24.0 Å². The molecule has 0 saturated heterocycles. The van der Waals surface area contributed by atoms with Crippen molar-refractivity contribution in [3.63, 3.8) is 0 Å². The van der Waals surface area contributed by atoms with E-state index in [0.29, 0.717) is 24.8 Å². The standard InChI is InChI=1S/C17H16F4N2O.ClH/c1-2-22-10-11-6-3-4-9-14(11)23-16(24)12-7-5-8-13(15(12)18)17(19,20)21;/h3-9,22H,2,10H2,1H3,(H,23,24);1H. The Balaban J connectivity index is 0.00000312. The van der Waals surface area contributed by atoms with Gasteiger partial charge >= 0.3 is 6.18 Å². The summed E-state index contributed by atoms with van der Waals surface area (Å²) < 4.78 is 52.3. The Bertz CT molecular complexity index is 735. The van der Waals surface area contributed by atoms with E-state index in [1.807, 2.05) is 6.92 Å². The third kappa shape index (κ3) is 5.17. The molecule has 0 fully saturated rings. The lowest BCUT2D eigenvalue weighted by molar-refractivity contribution is -0.140. The molecule has 0 aliphatic carbocycles. The van der Waals surface area contributed by atoms with Crippen LogP contribution >= 0.6 is 12.4 Å². The van der Waals surface area contributed by atoms with Gasteiger partial charge in [0.2, 0.25) is 0 Å². The van der Waals surface area contributed by atoms with Gasteiger partial charge in [-0.25, -0.2) is 4.39 Å². The summed E-state index contributed by atoms with van der Waals surface area (Å²) in [5, 5.41) is 5.55. The summed E-state index contributed by atoms with van der Waals surface area (Å²) in [6.45, 7) is 3.10. The molecule has 0 unspecified atom stereocenters. The molecule has 0 heterocycles. The first-order valence-corrected chi connectivity index (χ1v) is 7.30. The van der Waals surface area contributed by atoms with Crippen LogP contribution in [0.25, 0.3) is 0 Å². The lowest BCUT2D eigenvalue weighted by Gasteiger charge is -2.13. The molecule has 2 aromatic carbocycles. The Hall–Kier alpha value is -2.12. The zero-order chi connectivity index (χ0) is 17.7. The fraction of sp³-hybridized carbons (Fsp3) is 0.235. The molecule has 0 spiro atoms. The predicted molar refractivity (Wildman–Crippen MR) is 90.4 cm³/mol. The molecule has 1 amide bonds. The summed E-state index contributed by atoms with van der Waals surface area (Å²) in [5.74, 6) is -2.51. The predicted octanol–water partition coefficient (Wildman–Crippen LogP) is 4.63. The summed E-state index contributed by atoms with van der Waals surface area (Å²) >= 11 is 0. The molecule has 0 atom stereocenters.